The molecule has 0 heterocycles. The molecule has 0 unspecified atom stereocenters. The molecule has 0 radical (unpaired) electrons. The molecule has 0 fully saturated rings. The van der Waals surface area contributed by atoms with Crippen molar-refractivity contribution in [3.05, 3.63) is 29.8 Å². The van der Waals surface area contributed by atoms with Crippen LogP contribution >= 0.6 is 0 Å². The van der Waals surface area contributed by atoms with Crippen molar-refractivity contribution in [3.63, 3.8) is 0 Å². The first-order valence-electron chi connectivity index (χ1n) is 4.29. The van der Waals surface area contributed by atoms with Gasteiger partial charge in [-0.3, -0.25) is 4.55 Å². The van der Waals surface area contributed by atoms with Crippen molar-refractivity contribution in [2.24, 2.45) is 0 Å². The van der Waals surface area contributed by atoms with Crippen LogP contribution in [0.1, 0.15) is 9.68 Å². The maximum atomic E-state index is 10.6. The lowest BCUT2D eigenvalue weighted by Crippen LogP contribution is -1.96. The molecule has 0 saturated heterocycles. The van der Waals surface area contributed by atoms with E-state index in [1.54, 1.807) is 0 Å². The lowest BCUT2D eigenvalue weighted by Gasteiger charge is -1.95. The SMILES string of the molecule is [2H]C([2H])([2H])c1ccc(S(=O)(=O)O)cc1. The quantitative estimate of drug-likeness (QED) is 0.653. The van der Waals surface area contributed by atoms with Gasteiger partial charge in [-0.15, -0.1) is 0 Å². The highest BCUT2D eigenvalue weighted by Crippen LogP contribution is 2.08. The van der Waals surface area contributed by atoms with E-state index >= 15 is 0 Å². The Labute approximate surface area is 69.6 Å². The Morgan fingerprint density at radius 2 is 1.91 bits per heavy atom. The smallest absolute Gasteiger partial charge is 0.282 e. The van der Waals surface area contributed by atoms with Crippen molar-refractivity contribution in [1.29, 1.82) is 0 Å². The molecule has 0 aliphatic carbocycles. The monoisotopic (exact) mass is 175 g/mol. The number of hydrogen-bond donors (Lipinski definition) is 1. The zero-order valence-corrected chi connectivity index (χ0v) is 6.30. The molecular formula is C7H8O3S. The maximum Gasteiger partial charge on any atom is 0.294 e. The first-order chi connectivity index (χ1) is 6.21. The normalized spacial score (nSPS) is 16.6. The fraction of sp³-hybridized carbons (Fsp3) is 0.143. The highest BCUT2D eigenvalue weighted by atomic mass is 32.2. The molecule has 0 spiro atoms. The average Bonchev–Trinajstić information content (AvgIpc) is 2.01. The predicted molar refractivity (Wildman–Crippen MR) is 41.0 cm³/mol. The summed E-state index contributed by atoms with van der Waals surface area (Å²) in [5.74, 6) is 0. The molecule has 0 atom stereocenters. The molecule has 0 bridgehead atoms. The summed E-state index contributed by atoms with van der Waals surface area (Å²) >= 11 is 0. The van der Waals surface area contributed by atoms with Crippen molar-refractivity contribution in [2.45, 2.75) is 11.7 Å². The lowest BCUT2D eigenvalue weighted by molar-refractivity contribution is 0.483. The summed E-state index contributed by atoms with van der Waals surface area (Å²) in [6.07, 6.45) is 0. The first kappa shape index (κ1) is 4.90. The van der Waals surface area contributed by atoms with Gasteiger partial charge in [0.25, 0.3) is 10.1 Å². The number of hydrogen-bond acceptors (Lipinski definition) is 2. The van der Waals surface area contributed by atoms with Crippen LogP contribution in [0.4, 0.5) is 0 Å². The van der Waals surface area contributed by atoms with E-state index in [1.165, 1.54) is 0 Å². The highest BCUT2D eigenvalue weighted by molar-refractivity contribution is 7.85. The van der Waals surface area contributed by atoms with Gasteiger partial charge in [0.2, 0.25) is 0 Å². The highest BCUT2D eigenvalue weighted by Gasteiger charge is 2.06. The van der Waals surface area contributed by atoms with Gasteiger partial charge in [0.15, 0.2) is 0 Å². The molecule has 3 nitrogen and oxygen atoms in total. The third-order valence-corrected chi connectivity index (χ3v) is 2.02. The second-order valence-corrected chi connectivity index (χ2v) is 3.42. The van der Waals surface area contributed by atoms with Crippen LogP contribution in [0.3, 0.4) is 0 Å². The fourth-order valence-corrected chi connectivity index (χ4v) is 1.11. The van der Waals surface area contributed by atoms with Gasteiger partial charge in [0.05, 0.1) is 4.90 Å². The summed E-state index contributed by atoms with van der Waals surface area (Å²) < 4.78 is 50.9. The summed E-state index contributed by atoms with van der Waals surface area (Å²) in [4.78, 5) is -0.314. The summed E-state index contributed by atoms with van der Waals surface area (Å²) in [5, 5.41) is 0. The minimum Gasteiger partial charge on any atom is -0.282 e. The van der Waals surface area contributed by atoms with Gasteiger partial charge in [0, 0.05) is 4.11 Å². The van der Waals surface area contributed by atoms with Crippen molar-refractivity contribution >= 4 is 10.1 Å². The van der Waals surface area contributed by atoms with E-state index < -0.39 is 17.0 Å². The zero-order valence-electron chi connectivity index (χ0n) is 8.48. The summed E-state index contributed by atoms with van der Waals surface area (Å²) in [7, 11) is -4.25. The Morgan fingerprint density at radius 3 is 2.27 bits per heavy atom. The molecule has 0 aliphatic rings. The summed E-state index contributed by atoms with van der Waals surface area (Å²) in [5.41, 5.74) is 0.0323. The van der Waals surface area contributed by atoms with Gasteiger partial charge in [-0.05, 0) is 19.0 Å². The maximum absolute atomic E-state index is 10.6. The van der Waals surface area contributed by atoms with Gasteiger partial charge in [0.1, 0.15) is 0 Å². The Kier molecular flexibility index (Phi) is 1.17. The van der Waals surface area contributed by atoms with E-state index in [0.717, 1.165) is 24.3 Å². The molecule has 1 aromatic carbocycles. The molecule has 0 aliphatic heterocycles. The molecule has 60 valence electrons. The van der Waals surface area contributed by atoms with Gasteiger partial charge >= 0.3 is 0 Å². The second kappa shape index (κ2) is 2.64. The third kappa shape index (κ3) is 2.03. The van der Waals surface area contributed by atoms with Crippen LogP contribution in [0, 0.1) is 6.85 Å². The van der Waals surface area contributed by atoms with Crippen LogP contribution in [-0.2, 0) is 10.1 Å². The van der Waals surface area contributed by atoms with Crippen LogP contribution in [0.2, 0.25) is 0 Å². The molecule has 1 aromatic rings. The van der Waals surface area contributed by atoms with E-state index in [2.05, 4.69) is 0 Å². The van der Waals surface area contributed by atoms with Gasteiger partial charge in [-0.1, -0.05) is 17.7 Å². The van der Waals surface area contributed by atoms with Crippen molar-refractivity contribution in [3.8, 4) is 0 Å². The minimum atomic E-state index is -4.25. The molecular weight excluding hydrogens is 164 g/mol. The topological polar surface area (TPSA) is 54.4 Å². The van der Waals surface area contributed by atoms with Crippen LogP contribution in [-0.4, -0.2) is 13.0 Å². The van der Waals surface area contributed by atoms with E-state index in [0.29, 0.717) is 0 Å². The standard InChI is InChI=1S/C7H8O3S/c1-6-2-4-7(5-3-6)11(8,9)10/h2-5H,1H3,(H,8,9,10)/i1D3. The Hall–Kier alpha value is -0.870. The summed E-state index contributed by atoms with van der Waals surface area (Å²) in [6, 6.07) is 4.40. The van der Waals surface area contributed by atoms with Crippen molar-refractivity contribution in [1.82, 2.24) is 0 Å². The Bertz CT molecular complexity index is 418. The number of rotatable bonds is 1. The second-order valence-electron chi connectivity index (χ2n) is 2.00. The molecule has 1 rings (SSSR count). The van der Waals surface area contributed by atoms with Crippen LogP contribution in [0.15, 0.2) is 29.2 Å². The van der Waals surface area contributed by atoms with E-state index in [4.69, 9.17) is 8.67 Å². The summed E-state index contributed by atoms with van der Waals surface area (Å²) in [6.45, 7) is -2.27. The minimum absolute atomic E-state index is 0.0323. The van der Waals surface area contributed by atoms with Crippen LogP contribution in [0.5, 0.6) is 0 Å². The number of aryl methyl sites for hydroxylation is 1. The van der Waals surface area contributed by atoms with Crippen LogP contribution in [0.25, 0.3) is 0 Å². The molecule has 0 aromatic heterocycles. The lowest BCUT2D eigenvalue weighted by atomic mass is 10.2. The number of benzene rings is 1. The molecule has 0 amide bonds. The molecule has 11 heavy (non-hydrogen) atoms. The van der Waals surface area contributed by atoms with Gasteiger partial charge in [-0.2, -0.15) is 8.42 Å². The third-order valence-electron chi connectivity index (χ3n) is 1.15. The van der Waals surface area contributed by atoms with E-state index in [1.807, 2.05) is 0 Å². The fourth-order valence-electron chi connectivity index (χ4n) is 0.627. The molecule has 1 N–H and O–H groups in total. The van der Waals surface area contributed by atoms with Gasteiger partial charge < -0.3 is 0 Å². The van der Waals surface area contributed by atoms with Crippen LogP contribution < -0.4 is 0 Å². The molecule has 4 heteroatoms. The Balaban J connectivity index is 3.14. The molecule has 0 saturated carbocycles. The van der Waals surface area contributed by atoms with Crippen molar-refractivity contribution in [2.75, 3.05) is 0 Å². The van der Waals surface area contributed by atoms with E-state index in [-0.39, 0.29) is 10.5 Å². The first-order valence-corrected chi connectivity index (χ1v) is 4.23. The van der Waals surface area contributed by atoms with Gasteiger partial charge in [-0.25, -0.2) is 0 Å². The van der Waals surface area contributed by atoms with E-state index in [9.17, 15) is 8.42 Å². The largest absolute Gasteiger partial charge is 0.294 e. The van der Waals surface area contributed by atoms with Crippen molar-refractivity contribution < 1.29 is 17.1 Å². The Morgan fingerprint density at radius 1 is 1.36 bits per heavy atom. The predicted octanol–water partition coefficient (Wildman–Crippen LogP) is 1.24. The average molecular weight is 175 g/mol. The zero-order chi connectivity index (χ0) is 11.0.